The van der Waals surface area contributed by atoms with Crippen molar-refractivity contribution in [3.05, 3.63) is 58.4 Å². The SMILES string of the molecule is CCNCc1cc(Cl)ccc1N(C)Cc1cccc(C)n1. The number of pyridine rings is 1. The summed E-state index contributed by atoms with van der Waals surface area (Å²) in [7, 11) is 2.09. The van der Waals surface area contributed by atoms with Crippen LogP contribution in [-0.4, -0.2) is 18.6 Å². The summed E-state index contributed by atoms with van der Waals surface area (Å²) < 4.78 is 0. The van der Waals surface area contributed by atoms with Crippen LogP contribution in [0.2, 0.25) is 5.02 Å². The molecule has 112 valence electrons. The minimum atomic E-state index is 0.772. The first-order chi connectivity index (χ1) is 10.1. The van der Waals surface area contributed by atoms with Gasteiger partial charge in [0.1, 0.15) is 0 Å². The molecule has 0 bridgehead atoms. The fraction of sp³-hybridized carbons (Fsp3) is 0.353. The summed E-state index contributed by atoms with van der Waals surface area (Å²) in [5, 5.41) is 4.13. The summed E-state index contributed by atoms with van der Waals surface area (Å²) in [6, 6.07) is 12.2. The van der Waals surface area contributed by atoms with Gasteiger partial charge in [0.2, 0.25) is 0 Å². The first-order valence-electron chi connectivity index (χ1n) is 7.23. The van der Waals surface area contributed by atoms with Gasteiger partial charge in [0.15, 0.2) is 0 Å². The van der Waals surface area contributed by atoms with Crippen LogP contribution >= 0.6 is 11.6 Å². The maximum absolute atomic E-state index is 6.12. The molecule has 0 radical (unpaired) electrons. The standard InChI is InChI=1S/C17H22ClN3/c1-4-19-11-14-10-15(18)8-9-17(14)21(3)12-16-7-5-6-13(2)20-16/h5-10,19H,4,11-12H2,1-3H3. The Morgan fingerprint density at radius 2 is 2.05 bits per heavy atom. The maximum Gasteiger partial charge on any atom is 0.0600 e. The molecule has 1 N–H and O–H groups in total. The predicted octanol–water partition coefficient (Wildman–Crippen LogP) is 3.79. The molecule has 0 aliphatic heterocycles. The van der Waals surface area contributed by atoms with Crippen LogP contribution in [0.15, 0.2) is 36.4 Å². The molecule has 21 heavy (non-hydrogen) atoms. The molecule has 0 saturated heterocycles. The van der Waals surface area contributed by atoms with E-state index in [1.807, 2.05) is 31.2 Å². The van der Waals surface area contributed by atoms with Gasteiger partial charge in [-0.3, -0.25) is 4.98 Å². The van der Waals surface area contributed by atoms with Crippen molar-refractivity contribution in [2.75, 3.05) is 18.5 Å². The van der Waals surface area contributed by atoms with E-state index >= 15 is 0 Å². The predicted molar refractivity (Wildman–Crippen MR) is 89.9 cm³/mol. The summed E-state index contributed by atoms with van der Waals surface area (Å²) in [5.74, 6) is 0. The van der Waals surface area contributed by atoms with Gasteiger partial charge in [-0.15, -0.1) is 0 Å². The molecule has 1 heterocycles. The molecular formula is C17H22ClN3. The first-order valence-corrected chi connectivity index (χ1v) is 7.60. The molecule has 1 aromatic heterocycles. The van der Waals surface area contributed by atoms with E-state index in [9.17, 15) is 0 Å². The molecule has 0 aliphatic rings. The van der Waals surface area contributed by atoms with Crippen molar-refractivity contribution in [2.45, 2.75) is 26.9 Å². The Balaban J connectivity index is 2.19. The molecule has 2 rings (SSSR count). The Morgan fingerprint density at radius 1 is 1.24 bits per heavy atom. The molecule has 0 spiro atoms. The molecule has 0 unspecified atom stereocenters. The summed E-state index contributed by atoms with van der Waals surface area (Å²) in [5.41, 5.74) is 4.51. The molecule has 0 fully saturated rings. The minimum absolute atomic E-state index is 0.772. The van der Waals surface area contributed by atoms with E-state index in [-0.39, 0.29) is 0 Å². The van der Waals surface area contributed by atoms with Crippen molar-refractivity contribution in [3.8, 4) is 0 Å². The average molecular weight is 304 g/mol. The lowest BCUT2D eigenvalue weighted by molar-refractivity contribution is 0.722. The van der Waals surface area contributed by atoms with Crippen LogP contribution < -0.4 is 10.2 Å². The minimum Gasteiger partial charge on any atom is -0.368 e. The number of aryl methyl sites for hydroxylation is 1. The fourth-order valence-corrected chi connectivity index (χ4v) is 2.54. The lowest BCUT2D eigenvalue weighted by Gasteiger charge is -2.23. The number of nitrogens with zero attached hydrogens (tertiary/aromatic N) is 2. The molecule has 2 aromatic rings. The van der Waals surface area contributed by atoms with Crippen molar-refractivity contribution < 1.29 is 0 Å². The van der Waals surface area contributed by atoms with Crippen LogP contribution in [0.4, 0.5) is 5.69 Å². The van der Waals surface area contributed by atoms with Crippen molar-refractivity contribution in [1.82, 2.24) is 10.3 Å². The highest BCUT2D eigenvalue weighted by Gasteiger charge is 2.09. The van der Waals surface area contributed by atoms with Crippen molar-refractivity contribution >= 4 is 17.3 Å². The third-order valence-electron chi connectivity index (χ3n) is 3.36. The Morgan fingerprint density at radius 3 is 2.76 bits per heavy atom. The molecule has 0 atom stereocenters. The summed E-state index contributed by atoms with van der Waals surface area (Å²) in [6.45, 7) is 6.66. The molecule has 0 amide bonds. The normalized spacial score (nSPS) is 10.7. The Labute approximate surface area is 132 Å². The molecule has 0 aliphatic carbocycles. The van der Waals surface area contributed by atoms with Crippen LogP contribution in [0.5, 0.6) is 0 Å². The summed E-state index contributed by atoms with van der Waals surface area (Å²) in [4.78, 5) is 6.78. The van der Waals surface area contributed by atoms with Crippen molar-refractivity contribution in [1.29, 1.82) is 0 Å². The second kappa shape index (κ2) is 7.43. The second-order valence-electron chi connectivity index (χ2n) is 5.18. The molecular weight excluding hydrogens is 282 g/mol. The van der Waals surface area contributed by atoms with Gasteiger partial charge in [-0.1, -0.05) is 24.6 Å². The zero-order chi connectivity index (χ0) is 15.2. The zero-order valence-electron chi connectivity index (χ0n) is 12.9. The van der Waals surface area contributed by atoms with Gasteiger partial charge in [-0.2, -0.15) is 0 Å². The van der Waals surface area contributed by atoms with Crippen LogP contribution in [0.3, 0.4) is 0 Å². The van der Waals surface area contributed by atoms with E-state index in [0.717, 1.165) is 36.0 Å². The Bertz CT molecular complexity index is 598. The Hall–Kier alpha value is -1.58. The van der Waals surface area contributed by atoms with Gasteiger partial charge in [-0.05, 0) is 49.4 Å². The van der Waals surface area contributed by atoms with Crippen molar-refractivity contribution in [2.24, 2.45) is 0 Å². The number of hydrogen-bond donors (Lipinski definition) is 1. The van der Waals surface area contributed by atoms with Gasteiger partial charge in [0.05, 0.1) is 12.2 Å². The highest BCUT2D eigenvalue weighted by atomic mass is 35.5. The van der Waals surface area contributed by atoms with Crippen molar-refractivity contribution in [3.63, 3.8) is 0 Å². The van der Waals surface area contributed by atoms with E-state index in [1.165, 1.54) is 11.3 Å². The fourth-order valence-electron chi connectivity index (χ4n) is 2.34. The van der Waals surface area contributed by atoms with Crippen LogP contribution in [0, 0.1) is 6.92 Å². The van der Waals surface area contributed by atoms with E-state index < -0.39 is 0 Å². The summed E-state index contributed by atoms with van der Waals surface area (Å²) >= 11 is 6.12. The smallest absolute Gasteiger partial charge is 0.0600 e. The number of benzene rings is 1. The van der Waals surface area contributed by atoms with E-state index in [1.54, 1.807) is 0 Å². The first kappa shape index (κ1) is 15.8. The third-order valence-corrected chi connectivity index (χ3v) is 3.60. The number of halogens is 1. The molecule has 1 aromatic carbocycles. The zero-order valence-corrected chi connectivity index (χ0v) is 13.6. The second-order valence-corrected chi connectivity index (χ2v) is 5.62. The molecule has 0 saturated carbocycles. The number of rotatable bonds is 6. The largest absolute Gasteiger partial charge is 0.368 e. The summed E-state index contributed by atoms with van der Waals surface area (Å²) in [6.07, 6.45) is 0. The van der Waals surface area contributed by atoms with Gasteiger partial charge < -0.3 is 10.2 Å². The van der Waals surface area contributed by atoms with Crippen LogP contribution in [-0.2, 0) is 13.1 Å². The van der Waals surface area contributed by atoms with Gasteiger partial charge in [0.25, 0.3) is 0 Å². The number of aromatic nitrogens is 1. The highest BCUT2D eigenvalue weighted by Crippen LogP contribution is 2.24. The molecule has 3 nitrogen and oxygen atoms in total. The topological polar surface area (TPSA) is 28.2 Å². The van der Waals surface area contributed by atoms with Crippen LogP contribution in [0.25, 0.3) is 0 Å². The monoisotopic (exact) mass is 303 g/mol. The lowest BCUT2D eigenvalue weighted by atomic mass is 10.1. The average Bonchev–Trinajstić information content (AvgIpc) is 2.45. The quantitative estimate of drug-likeness (QED) is 0.880. The lowest BCUT2D eigenvalue weighted by Crippen LogP contribution is -2.21. The van der Waals surface area contributed by atoms with Gasteiger partial charge in [0, 0.05) is 30.0 Å². The number of nitrogens with one attached hydrogen (secondary N) is 1. The molecule has 4 heteroatoms. The Kier molecular flexibility index (Phi) is 5.59. The third kappa shape index (κ3) is 4.45. The number of anilines is 1. The van der Waals surface area contributed by atoms with E-state index in [0.29, 0.717) is 0 Å². The van der Waals surface area contributed by atoms with E-state index in [4.69, 9.17) is 11.6 Å². The van der Waals surface area contributed by atoms with Gasteiger partial charge >= 0.3 is 0 Å². The van der Waals surface area contributed by atoms with E-state index in [2.05, 4.69) is 41.3 Å². The highest BCUT2D eigenvalue weighted by molar-refractivity contribution is 6.30. The maximum atomic E-state index is 6.12. The van der Waals surface area contributed by atoms with Crippen LogP contribution in [0.1, 0.15) is 23.9 Å². The van der Waals surface area contributed by atoms with Gasteiger partial charge in [-0.25, -0.2) is 0 Å². The number of hydrogen-bond acceptors (Lipinski definition) is 3.